The van der Waals surface area contributed by atoms with Crippen LogP contribution in [-0.4, -0.2) is 22.6 Å². The van der Waals surface area contributed by atoms with Gasteiger partial charge in [0.05, 0.1) is 0 Å². The zero-order valence-electron chi connectivity index (χ0n) is 14.3. The highest BCUT2D eigenvalue weighted by Gasteiger charge is 2.22. The molecule has 0 aliphatic carbocycles. The number of benzene rings is 1. The van der Waals surface area contributed by atoms with Crippen LogP contribution in [0.1, 0.15) is 43.7 Å². The molecule has 2 heterocycles. The Bertz CT molecular complexity index is 668. The summed E-state index contributed by atoms with van der Waals surface area (Å²) in [4.78, 5) is 11.3. The molecule has 122 valence electrons. The largest absolute Gasteiger partial charge is 0.353 e. The summed E-state index contributed by atoms with van der Waals surface area (Å²) < 4.78 is 0. The Kier molecular flexibility index (Phi) is 4.79. The molecule has 1 atom stereocenters. The highest BCUT2D eigenvalue weighted by atomic mass is 15.2. The van der Waals surface area contributed by atoms with Crippen molar-refractivity contribution >= 4 is 17.3 Å². The molecule has 1 aromatic heterocycles. The third kappa shape index (κ3) is 3.63. The molecule has 1 aromatic carbocycles. The van der Waals surface area contributed by atoms with Crippen LogP contribution in [0.3, 0.4) is 0 Å². The lowest BCUT2D eigenvalue weighted by molar-refractivity contribution is 0.446. The molecule has 1 aliphatic rings. The Balaban J connectivity index is 1.80. The minimum Gasteiger partial charge on any atom is -0.353 e. The average molecular weight is 310 g/mol. The Morgan fingerprint density at radius 2 is 2.00 bits per heavy atom. The van der Waals surface area contributed by atoms with Crippen molar-refractivity contribution in [3.63, 3.8) is 0 Å². The molecule has 1 fully saturated rings. The zero-order chi connectivity index (χ0) is 16.2. The number of aromatic nitrogens is 2. The lowest BCUT2D eigenvalue weighted by Crippen LogP contribution is -2.39. The summed E-state index contributed by atoms with van der Waals surface area (Å²) >= 11 is 0. The normalized spacial score (nSPS) is 18.0. The second-order valence-electron chi connectivity index (χ2n) is 6.44. The predicted molar refractivity (Wildman–Crippen MR) is 96.5 cm³/mol. The van der Waals surface area contributed by atoms with Crippen LogP contribution in [-0.2, 0) is 0 Å². The van der Waals surface area contributed by atoms with Gasteiger partial charge in [0.1, 0.15) is 18.0 Å². The molecule has 23 heavy (non-hydrogen) atoms. The van der Waals surface area contributed by atoms with Crippen molar-refractivity contribution in [2.75, 3.05) is 16.8 Å². The summed E-state index contributed by atoms with van der Waals surface area (Å²) in [6.45, 7) is 7.62. The van der Waals surface area contributed by atoms with E-state index in [1.54, 1.807) is 6.33 Å². The van der Waals surface area contributed by atoms with Gasteiger partial charge in [-0.15, -0.1) is 0 Å². The molecule has 0 amide bonds. The maximum Gasteiger partial charge on any atom is 0.135 e. The lowest BCUT2D eigenvalue weighted by atomic mass is 10.0. The molecule has 1 saturated heterocycles. The van der Waals surface area contributed by atoms with E-state index >= 15 is 0 Å². The van der Waals surface area contributed by atoms with Crippen molar-refractivity contribution in [2.24, 2.45) is 0 Å². The van der Waals surface area contributed by atoms with Crippen LogP contribution in [0.5, 0.6) is 0 Å². The summed E-state index contributed by atoms with van der Waals surface area (Å²) in [5.41, 5.74) is 3.66. The second kappa shape index (κ2) is 6.99. The van der Waals surface area contributed by atoms with Gasteiger partial charge >= 0.3 is 0 Å². The number of rotatable bonds is 4. The molecule has 3 rings (SSSR count). The highest BCUT2D eigenvalue weighted by molar-refractivity contribution is 5.60. The number of anilines is 3. The van der Waals surface area contributed by atoms with Gasteiger partial charge in [0.25, 0.3) is 0 Å². The summed E-state index contributed by atoms with van der Waals surface area (Å²) in [5.74, 6) is 1.90. The third-order valence-electron chi connectivity index (χ3n) is 4.82. The topological polar surface area (TPSA) is 41.0 Å². The molecular weight excluding hydrogens is 284 g/mol. The molecule has 1 aliphatic heterocycles. The van der Waals surface area contributed by atoms with E-state index in [1.165, 1.54) is 36.8 Å². The number of nitrogens with one attached hydrogen (secondary N) is 1. The van der Waals surface area contributed by atoms with Gasteiger partial charge in [-0.25, -0.2) is 9.97 Å². The van der Waals surface area contributed by atoms with E-state index in [0.29, 0.717) is 6.04 Å². The van der Waals surface area contributed by atoms with E-state index in [4.69, 9.17) is 0 Å². The summed E-state index contributed by atoms with van der Waals surface area (Å²) in [5, 5.41) is 3.41. The van der Waals surface area contributed by atoms with Crippen LogP contribution in [0, 0.1) is 13.8 Å². The van der Waals surface area contributed by atoms with Gasteiger partial charge in [-0.2, -0.15) is 0 Å². The molecule has 2 aromatic rings. The van der Waals surface area contributed by atoms with Gasteiger partial charge < -0.3 is 10.2 Å². The summed E-state index contributed by atoms with van der Waals surface area (Å²) in [7, 11) is 0. The van der Waals surface area contributed by atoms with Crippen LogP contribution in [0.4, 0.5) is 17.3 Å². The van der Waals surface area contributed by atoms with Crippen molar-refractivity contribution in [1.82, 2.24) is 9.97 Å². The monoisotopic (exact) mass is 310 g/mol. The first kappa shape index (κ1) is 15.8. The molecular formula is C19H26N4. The Hall–Kier alpha value is -2.10. The summed E-state index contributed by atoms with van der Waals surface area (Å²) in [6, 6.07) is 9.07. The minimum absolute atomic E-state index is 0.605. The van der Waals surface area contributed by atoms with Crippen LogP contribution in [0.15, 0.2) is 30.6 Å². The van der Waals surface area contributed by atoms with Crippen LogP contribution in [0.25, 0.3) is 0 Å². The number of aryl methyl sites for hydroxylation is 2. The fourth-order valence-electron chi connectivity index (χ4n) is 3.27. The molecule has 1 unspecified atom stereocenters. The Labute approximate surface area is 139 Å². The molecule has 0 spiro atoms. The molecule has 0 bridgehead atoms. The molecule has 1 N–H and O–H groups in total. The SMILES string of the molecule is CCC1CCCCN1c1cc(Nc2ccc(C)c(C)c2)ncn1. The van der Waals surface area contributed by atoms with Crippen molar-refractivity contribution < 1.29 is 0 Å². The summed E-state index contributed by atoms with van der Waals surface area (Å²) in [6.07, 6.45) is 6.68. The van der Waals surface area contributed by atoms with Gasteiger partial charge in [-0.1, -0.05) is 13.0 Å². The van der Waals surface area contributed by atoms with E-state index in [2.05, 4.69) is 65.2 Å². The molecule has 4 heteroatoms. The molecule has 0 radical (unpaired) electrons. The zero-order valence-corrected chi connectivity index (χ0v) is 14.3. The lowest BCUT2D eigenvalue weighted by Gasteiger charge is -2.36. The Morgan fingerprint density at radius 3 is 2.78 bits per heavy atom. The van der Waals surface area contributed by atoms with Gasteiger partial charge in [0.2, 0.25) is 0 Å². The fourth-order valence-corrected chi connectivity index (χ4v) is 3.27. The first-order valence-electron chi connectivity index (χ1n) is 8.60. The van der Waals surface area contributed by atoms with Gasteiger partial charge in [0.15, 0.2) is 0 Å². The highest BCUT2D eigenvalue weighted by Crippen LogP contribution is 2.27. The van der Waals surface area contributed by atoms with E-state index < -0.39 is 0 Å². The van der Waals surface area contributed by atoms with Crippen molar-refractivity contribution in [3.05, 3.63) is 41.7 Å². The van der Waals surface area contributed by atoms with E-state index in [-0.39, 0.29) is 0 Å². The van der Waals surface area contributed by atoms with Crippen molar-refractivity contribution in [1.29, 1.82) is 0 Å². The first-order valence-corrected chi connectivity index (χ1v) is 8.60. The van der Waals surface area contributed by atoms with E-state index in [1.807, 2.05) is 0 Å². The van der Waals surface area contributed by atoms with Crippen molar-refractivity contribution in [2.45, 2.75) is 52.5 Å². The molecule has 0 saturated carbocycles. The van der Waals surface area contributed by atoms with Gasteiger partial charge in [-0.05, 0) is 62.8 Å². The molecule has 4 nitrogen and oxygen atoms in total. The maximum atomic E-state index is 4.51. The number of hydrogen-bond donors (Lipinski definition) is 1. The number of nitrogens with zero attached hydrogens (tertiary/aromatic N) is 3. The number of hydrogen-bond acceptors (Lipinski definition) is 4. The van der Waals surface area contributed by atoms with Gasteiger partial charge in [0, 0.05) is 24.3 Å². The smallest absolute Gasteiger partial charge is 0.135 e. The average Bonchev–Trinajstić information content (AvgIpc) is 2.58. The van der Waals surface area contributed by atoms with Crippen LogP contribution in [0.2, 0.25) is 0 Å². The third-order valence-corrected chi connectivity index (χ3v) is 4.82. The second-order valence-corrected chi connectivity index (χ2v) is 6.44. The Morgan fingerprint density at radius 1 is 1.13 bits per heavy atom. The van der Waals surface area contributed by atoms with Crippen LogP contribution >= 0.6 is 0 Å². The maximum absolute atomic E-state index is 4.51. The standard InChI is InChI=1S/C19H26N4/c1-4-17-7-5-6-10-23(17)19-12-18(20-13-21-19)22-16-9-8-14(2)15(3)11-16/h8-9,11-13,17H,4-7,10H2,1-3H3,(H,20,21,22). The van der Waals surface area contributed by atoms with Gasteiger partial charge in [-0.3, -0.25) is 0 Å². The number of piperidine rings is 1. The first-order chi connectivity index (χ1) is 11.2. The van der Waals surface area contributed by atoms with Crippen LogP contribution < -0.4 is 10.2 Å². The minimum atomic E-state index is 0.605. The quantitative estimate of drug-likeness (QED) is 0.895. The fraction of sp³-hybridized carbons (Fsp3) is 0.474. The predicted octanol–water partition coefficient (Wildman–Crippen LogP) is 4.61. The van der Waals surface area contributed by atoms with E-state index in [0.717, 1.165) is 23.9 Å². The van der Waals surface area contributed by atoms with E-state index in [9.17, 15) is 0 Å². The van der Waals surface area contributed by atoms with Crippen molar-refractivity contribution in [3.8, 4) is 0 Å².